The summed E-state index contributed by atoms with van der Waals surface area (Å²) in [5, 5.41) is 15.3. The number of aromatic nitrogens is 4. The molecule has 8 nitrogen and oxygen atoms in total. The smallest absolute Gasteiger partial charge is 0.270 e. The van der Waals surface area contributed by atoms with Gasteiger partial charge in [-0.1, -0.05) is 66.7 Å². The molecule has 10 heteroatoms. The van der Waals surface area contributed by atoms with Crippen LogP contribution in [0.3, 0.4) is 0 Å². The fourth-order valence-corrected chi connectivity index (χ4v) is 7.78. The summed E-state index contributed by atoms with van der Waals surface area (Å²) in [5.74, 6) is 1.50. The molecule has 0 atom stereocenters. The summed E-state index contributed by atoms with van der Waals surface area (Å²) in [4.78, 5) is 32.7. The van der Waals surface area contributed by atoms with E-state index in [2.05, 4.69) is 55.1 Å². The van der Waals surface area contributed by atoms with E-state index in [4.69, 9.17) is 4.98 Å². The molecule has 1 N–H and O–H groups in total. The number of pyridine rings is 1. The summed E-state index contributed by atoms with van der Waals surface area (Å²) in [6.07, 6.45) is 4.07. The minimum atomic E-state index is 0.0143. The van der Waals surface area contributed by atoms with Gasteiger partial charge in [0.25, 0.3) is 11.8 Å². The van der Waals surface area contributed by atoms with Crippen LogP contribution in [0.5, 0.6) is 0 Å². The number of benzene rings is 2. The fourth-order valence-electron chi connectivity index (χ4n) is 5.72. The minimum absolute atomic E-state index is 0.0143. The van der Waals surface area contributed by atoms with Gasteiger partial charge in [-0.3, -0.25) is 14.5 Å². The van der Waals surface area contributed by atoms with Gasteiger partial charge in [-0.05, 0) is 58.0 Å². The fraction of sp³-hybridized carbons (Fsp3) is 0.147. The van der Waals surface area contributed by atoms with E-state index in [9.17, 15) is 9.59 Å². The van der Waals surface area contributed by atoms with Crippen LogP contribution in [0.1, 0.15) is 49.4 Å². The lowest BCUT2D eigenvalue weighted by atomic mass is 10.0. The standard InChI is InChI=1S/C22H17N5OS.C12H9NOS/c28-22-20-16(17(12-29-20)14-5-2-1-3-6-14)11-26(22)19-8-4-7-18(24-19)21-25-23-13-27(21)15-9-10-15;14-12-11-9(6-13-12)10(7-15-11)8-4-2-1-3-5-8/h1-8,12-13,15H,9-11H2;1-5,7H,6H2,(H,13,14). The summed E-state index contributed by atoms with van der Waals surface area (Å²) in [6.45, 7) is 1.20. The van der Waals surface area contributed by atoms with Crippen molar-refractivity contribution in [3.8, 4) is 33.8 Å². The van der Waals surface area contributed by atoms with Crippen LogP contribution in [0.15, 0.2) is 96.0 Å². The summed E-state index contributed by atoms with van der Waals surface area (Å²) in [7, 11) is 0. The summed E-state index contributed by atoms with van der Waals surface area (Å²) >= 11 is 3.04. The van der Waals surface area contributed by atoms with E-state index in [0.29, 0.717) is 24.9 Å². The maximum atomic E-state index is 13.1. The van der Waals surface area contributed by atoms with Gasteiger partial charge < -0.3 is 9.88 Å². The van der Waals surface area contributed by atoms with Crippen LogP contribution in [-0.2, 0) is 13.1 Å². The molecule has 6 aromatic rings. The van der Waals surface area contributed by atoms with Crippen molar-refractivity contribution in [3.63, 3.8) is 0 Å². The molecule has 44 heavy (non-hydrogen) atoms. The highest BCUT2D eigenvalue weighted by atomic mass is 32.1. The molecule has 216 valence electrons. The van der Waals surface area contributed by atoms with Crippen molar-refractivity contribution in [2.75, 3.05) is 4.90 Å². The zero-order valence-electron chi connectivity index (χ0n) is 23.5. The van der Waals surface area contributed by atoms with E-state index in [1.54, 1.807) is 11.2 Å². The minimum Gasteiger partial charge on any atom is -0.347 e. The molecule has 0 unspecified atom stereocenters. The highest BCUT2D eigenvalue weighted by Gasteiger charge is 2.34. The Bertz CT molecular complexity index is 2010. The number of thiophene rings is 2. The number of hydrogen-bond donors (Lipinski definition) is 1. The monoisotopic (exact) mass is 614 g/mol. The van der Waals surface area contributed by atoms with E-state index < -0.39 is 0 Å². The lowest BCUT2D eigenvalue weighted by molar-refractivity contribution is 0.0967. The Kier molecular flexibility index (Phi) is 6.65. The number of carbonyl (C=O) groups excluding carboxylic acids is 2. The first-order chi connectivity index (χ1) is 21.7. The van der Waals surface area contributed by atoms with Gasteiger partial charge >= 0.3 is 0 Å². The Labute approximate surface area is 261 Å². The van der Waals surface area contributed by atoms with Gasteiger partial charge in [-0.2, -0.15) is 0 Å². The maximum absolute atomic E-state index is 13.1. The van der Waals surface area contributed by atoms with Crippen LogP contribution in [0.25, 0.3) is 33.8 Å². The Morgan fingerprint density at radius 3 is 2.16 bits per heavy atom. The van der Waals surface area contributed by atoms with E-state index in [1.165, 1.54) is 33.8 Å². The van der Waals surface area contributed by atoms with Gasteiger partial charge in [0.2, 0.25) is 0 Å². The van der Waals surface area contributed by atoms with Gasteiger partial charge in [-0.25, -0.2) is 4.98 Å². The van der Waals surface area contributed by atoms with Crippen LogP contribution < -0.4 is 10.2 Å². The first-order valence-electron chi connectivity index (χ1n) is 14.4. The molecule has 0 bridgehead atoms. The Hall–Kier alpha value is -4.93. The molecule has 0 spiro atoms. The number of anilines is 1. The second-order valence-electron chi connectivity index (χ2n) is 10.9. The number of nitrogens with one attached hydrogen (secondary N) is 1. The van der Waals surface area contributed by atoms with Gasteiger partial charge in [0.15, 0.2) is 5.82 Å². The van der Waals surface area contributed by atoms with E-state index in [0.717, 1.165) is 56.4 Å². The number of hydrogen-bond acceptors (Lipinski definition) is 7. The van der Waals surface area contributed by atoms with Crippen LogP contribution in [-0.4, -0.2) is 31.6 Å². The predicted molar refractivity (Wildman–Crippen MR) is 173 cm³/mol. The number of nitrogens with zero attached hydrogens (tertiary/aromatic N) is 5. The van der Waals surface area contributed by atoms with Crippen LogP contribution in [0.4, 0.5) is 5.82 Å². The van der Waals surface area contributed by atoms with Crippen LogP contribution in [0.2, 0.25) is 0 Å². The number of carbonyl (C=O) groups is 2. The van der Waals surface area contributed by atoms with Crippen molar-refractivity contribution in [1.29, 1.82) is 0 Å². The van der Waals surface area contributed by atoms with Gasteiger partial charge in [0.1, 0.15) is 17.8 Å². The molecule has 1 saturated carbocycles. The average molecular weight is 615 g/mol. The zero-order valence-corrected chi connectivity index (χ0v) is 25.1. The molecule has 0 saturated heterocycles. The molecule has 1 fully saturated rings. The van der Waals surface area contributed by atoms with Crippen LogP contribution in [0, 0.1) is 0 Å². The SMILES string of the molecule is O=C1NCc2c(-c3ccccc3)csc21.O=C1c2scc(-c3ccccc3)c2CN1c1cccc(-c2nncn2C2CC2)n1. The molecular weight excluding hydrogens is 589 g/mol. The number of rotatable bonds is 5. The third-order valence-corrected chi connectivity index (χ3v) is 10.1. The van der Waals surface area contributed by atoms with Gasteiger partial charge in [0.05, 0.1) is 16.3 Å². The van der Waals surface area contributed by atoms with E-state index in [-0.39, 0.29) is 11.8 Å². The number of amides is 2. The molecule has 0 radical (unpaired) electrons. The summed E-state index contributed by atoms with van der Waals surface area (Å²) in [6, 6.07) is 26.6. The third kappa shape index (κ3) is 4.72. The quantitative estimate of drug-likeness (QED) is 0.221. The Balaban J connectivity index is 0.000000162. The zero-order chi connectivity index (χ0) is 29.6. The highest BCUT2D eigenvalue weighted by Crippen LogP contribution is 2.40. The van der Waals surface area contributed by atoms with Crippen molar-refractivity contribution in [3.05, 3.63) is 117 Å². The Morgan fingerprint density at radius 1 is 0.773 bits per heavy atom. The first kappa shape index (κ1) is 26.7. The predicted octanol–water partition coefficient (Wildman–Crippen LogP) is 7.22. The summed E-state index contributed by atoms with van der Waals surface area (Å²) < 4.78 is 2.09. The second kappa shape index (κ2) is 11.0. The molecule has 2 aliphatic heterocycles. The molecule has 1 aliphatic carbocycles. The van der Waals surface area contributed by atoms with Crippen molar-refractivity contribution >= 4 is 40.3 Å². The lowest BCUT2D eigenvalue weighted by Crippen LogP contribution is -2.24. The highest BCUT2D eigenvalue weighted by molar-refractivity contribution is 7.13. The van der Waals surface area contributed by atoms with Crippen molar-refractivity contribution in [2.45, 2.75) is 32.0 Å². The average Bonchev–Trinajstić information content (AvgIpc) is 3.48. The lowest BCUT2D eigenvalue weighted by Gasteiger charge is -2.16. The topological polar surface area (TPSA) is 93.0 Å². The second-order valence-corrected chi connectivity index (χ2v) is 12.7. The summed E-state index contributed by atoms with van der Waals surface area (Å²) in [5.41, 5.74) is 7.62. The van der Waals surface area contributed by atoms with Crippen molar-refractivity contribution < 1.29 is 9.59 Å². The van der Waals surface area contributed by atoms with Crippen molar-refractivity contribution in [1.82, 2.24) is 25.1 Å². The molecule has 2 aromatic carbocycles. The first-order valence-corrected chi connectivity index (χ1v) is 16.2. The largest absolute Gasteiger partial charge is 0.347 e. The van der Waals surface area contributed by atoms with E-state index in [1.807, 2.05) is 54.6 Å². The number of fused-ring (bicyclic) bond motifs is 2. The Morgan fingerprint density at radius 2 is 1.45 bits per heavy atom. The molecular formula is C34H26N6O2S2. The van der Waals surface area contributed by atoms with Crippen molar-refractivity contribution in [2.24, 2.45) is 0 Å². The maximum Gasteiger partial charge on any atom is 0.270 e. The molecule has 2 amide bonds. The third-order valence-electron chi connectivity index (χ3n) is 8.10. The molecule has 6 heterocycles. The van der Waals surface area contributed by atoms with E-state index >= 15 is 0 Å². The van der Waals surface area contributed by atoms with Crippen LogP contribution >= 0.6 is 22.7 Å². The van der Waals surface area contributed by atoms with Gasteiger partial charge in [-0.15, -0.1) is 32.9 Å². The normalized spacial score (nSPS) is 15.0. The van der Waals surface area contributed by atoms with Gasteiger partial charge in [0, 0.05) is 23.7 Å². The molecule has 9 rings (SSSR count). The molecule has 3 aliphatic rings. The molecule has 4 aromatic heterocycles.